The van der Waals surface area contributed by atoms with Crippen LogP contribution in [0.4, 0.5) is 0 Å². The lowest BCUT2D eigenvalue weighted by atomic mass is 9.97. The Morgan fingerprint density at radius 1 is 1.50 bits per heavy atom. The van der Waals surface area contributed by atoms with Gasteiger partial charge in [-0.1, -0.05) is 11.6 Å². The van der Waals surface area contributed by atoms with E-state index in [4.69, 9.17) is 5.73 Å². The van der Waals surface area contributed by atoms with Gasteiger partial charge in [0, 0.05) is 25.7 Å². The molecule has 102 valence electrons. The monoisotopic (exact) mass is 251 g/mol. The Kier molecular flexibility index (Phi) is 5.20. The first kappa shape index (κ1) is 13.6. The highest BCUT2D eigenvalue weighted by molar-refractivity contribution is 5.78. The maximum atomic E-state index is 11.7. The van der Waals surface area contributed by atoms with Gasteiger partial charge in [-0.15, -0.1) is 0 Å². The molecule has 0 spiro atoms. The van der Waals surface area contributed by atoms with Crippen LogP contribution in [0.2, 0.25) is 0 Å². The van der Waals surface area contributed by atoms with Crippen molar-refractivity contribution in [1.82, 2.24) is 10.2 Å². The van der Waals surface area contributed by atoms with Crippen molar-refractivity contribution in [2.24, 2.45) is 5.73 Å². The first-order valence-corrected chi connectivity index (χ1v) is 7.16. The highest BCUT2D eigenvalue weighted by Crippen LogP contribution is 2.19. The Labute approximate surface area is 110 Å². The van der Waals surface area contributed by atoms with Gasteiger partial charge in [-0.25, -0.2) is 0 Å². The first-order chi connectivity index (χ1) is 8.74. The van der Waals surface area contributed by atoms with Crippen LogP contribution in [0.5, 0.6) is 0 Å². The molecule has 18 heavy (non-hydrogen) atoms. The number of nitrogens with zero attached hydrogens (tertiary/aromatic N) is 1. The van der Waals surface area contributed by atoms with E-state index < -0.39 is 0 Å². The molecule has 1 aliphatic carbocycles. The summed E-state index contributed by atoms with van der Waals surface area (Å²) in [5, 5.41) is 3.01. The molecular weight excluding hydrogens is 226 g/mol. The molecule has 0 saturated carbocycles. The predicted octanol–water partition coefficient (Wildman–Crippen LogP) is 1.03. The number of likely N-dealkylation sites (tertiary alicyclic amines) is 1. The number of carbonyl (C=O) groups is 1. The van der Waals surface area contributed by atoms with E-state index in [1.54, 1.807) is 0 Å². The molecule has 1 saturated heterocycles. The van der Waals surface area contributed by atoms with Crippen molar-refractivity contribution in [2.75, 3.05) is 26.2 Å². The van der Waals surface area contributed by atoms with Crippen LogP contribution >= 0.6 is 0 Å². The Balaban J connectivity index is 1.58. The van der Waals surface area contributed by atoms with Crippen LogP contribution in [0.15, 0.2) is 11.6 Å². The molecule has 1 atom stereocenters. The molecule has 0 aromatic carbocycles. The van der Waals surface area contributed by atoms with E-state index >= 15 is 0 Å². The zero-order valence-electron chi connectivity index (χ0n) is 11.2. The van der Waals surface area contributed by atoms with Gasteiger partial charge < -0.3 is 11.1 Å². The normalized spacial score (nSPS) is 24.9. The van der Waals surface area contributed by atoms with Crippen molar-refractivity contribution in [3.05, 3.63) is 11.6 Å². The van der Waals surface area contributed by atoms with Crippen LogP contribution in [0.25, 0.3) is 0 Å². The van der Waals surface area contributed by atoms with E-state index in [0.29, 0.717) is 6.54 Å². The molecule has 2 rings (SSSR count). The summed E-state index contributed by atoms with van der Waals surface area (Å²) in [6.45, 7) is 3.11. The van der Waals surface area contributed by atoms with Crippen molar-refractivity contribution < 1.29 is 4.79 Å². The minimum absolute atomic E-state index is 0.139. The first-order valence-electron chi connectivity index (χ1n) is 7.16. The van der Waals surface area contributed by atoms with Crippen LogP contribution < -0.4 is 11.1 Å². The summed E-state index contributed by atoms with van der Waals surface area (Å²) in [7, 11) is 0. The summed E-state index contributed by atoms with van der Waals surface area (Å²) in [5.41, 5.74) is 7.34. The van der Waals surface area contributed by atoms with Gasteiger partial charge in [0.1, 0.15) is 0 Å². The molecule has 1 fully saturated rings. The maximum Gasteiger partial charge on any atom is 0.234 e. The summed E-state index contributed by atoms with van der Waals surface area (Å²) in [4.78, 5) is 13.9. The van der Waals surface area contributed by atoms with Gasteiger partial charge in [0.25, 0.3) is 0 Å². The second-order valence-corrected chi connectivity index (χ2v) is 5.49. The van der Waals surface area contributed by atoms with E-state index in [9.17, 15) is 4.79 Å². The molecule has 1 aliphatic heterocycles. The number of rotatable bonds is 5. The Morgan fingerprint density at radius 2 is 2.39 bits per heavy atom. The number of allylic oxidation sites excluding steroid dienone is 1. The summed E-state index contributed by atoms with van der Waals surface area (Å²) >= 11 is 0. The van der Waals surface area contributed by atoms with Crippen molar-refractivity contribution in [1.29, 1.82) is 0 Å². The third-order valence-electron chi connectivity index (χ3n) is 3.83. The molecule has 0 unspecified atom stereocenters. The second-order valence-electron chi connectivity index (χ2n) is 5.49. The maximum absolute atomic E-state index is 11.7. The molecule has 1 amide bonds. The topological polar surface area (TPSA) is 58.4 Å². The second kappa shape index (κ2) is 6.90. The summed E-state index contributed by atoms with van der Waals surface area (Å²) < 4.78 is 0. The van der Waals surface area contributed by atoms with Crippen molar-refractivity contribution in [3.8, 4) is 0 Å². The SMILES string of the molecule is N[C@H]1CCN(CC(=O)NCCC2=CCCCC2)C1. The molecule has 4 nitrogen and oxygen atoms in total. The average Bonchev–Trinajstić information content (AvgIpc) is 2.76. The summed E-state index contributed by atoms with van der Waals surface area (Å²) in [6.07, 6.45) is 9.45. The quantitative estimate of drug-likeness (QED) is 0.717. The molecule has 0 bridgehead atoms. The lowest BCUT2D eigenvalue weighted by Crippen LogP contribution is -2.37. The van der Waals surface area contributed by atoms with Crippen molar-refractivity contribution in [3.63, 3.8) is 0 Å². The number of hydrogen-bond acceptors (Lipinski definition) is 3. The Morgan fingerprint density at radius 3 is 3.06 bits per heavy atom. The van der Waals surface area contributed by atoms with Crippen LogP contribution in [0.3, 0.4) is 0 Å². The average molecular weight is 251 g/mol. The van der Waals surface area contributed by atoms with Crippen molar-refractivity contribution >= 4 is 5.91 Å². The van der Waals surface area contributed by atoms with Crippen molar-refractivity contribution in [2.45, 2.75) is 44.6 Å². The van der Waals surface area contributed by atoms with Gasteiger partial charge in [-0.3, -0.25) is 9.69 Å². The van der Waals surface area contributed by atoms with Gasteiger partial charge in [-0.05, 0) is 38.5 Å². The largest absolute Gasteiger partial charge is 0.355 e. The summed E-state index contributed by atoms with van der Waals surface area (Å²) in [6, 6.07) is 0.255. The van der Waals surface area contributed by atoms with E-state index in [-0.39, 0.29) is 11.9 Å². The van der Waals surface area contributed by atoms with Gasteiger partial charge >= 0.3 is 0 Å². The molecule has 1 heterocycles. The molecule has 0 aromatic rings. The number of nitrogens with two attached hydrogens (primary N) is 1. The third kappa shape index (κ3) is 4.42. The molecule has 0 aromatic heterocycles. The van der Waals surface area contributed by atoms with Gasteiger partial charge in [0.2, 0.25) is 5.91 Å². The van der Waals surface area contributed by atoms with E-state index in [2.05, 4.69) is 16.3 Å². The number of amides is 1. The minimum Gasteiger partial charge on any atom is -0.355 e. The van der Waals surface area contributed by atoms with Crippen LogP contribution in [-0.4, -0.2) is 43.0 Å². The fourth-order valence-electron chi connectivity index (χ4n) is 2.76. The number of carbonyl (C=O) groups excluding carboxylic acids is 1. The van der Waals surface area contributed by atoms with Crippen LogP contribution in [0.1, 0.15) is 38.5 Å². The molecule has 4 heteroatoms. The highest BCUT2D eigenvalue weighted by atomic mass is 16.2. The fraction of sp³-hybridized carbons (Fsp3) is 0.786. The number of hydrogen-bond donors (Lipinski definition) is 2. The van der Waals surface area contributed by atoms with Crippen LogP contribution in [-0.2, 0) is 4.79 Å². The lowest BCUT2D eigenvalue weighted by Gasteiger charge is -2.16. The standard InChI is InChI=1S/C14H25N3O/c15-13-7-9-17(10-13)11-14(18)16-8-6-12-4-2-1-3-5-12/h4,13H,1-3,5-11,15H2,(H,16,18)/t13-/m0/s1. The highest BCUT2D eigenvalue weighted by Gasteiger charge is 2.20. The van der Waals surface area contributed by atoms with Gasteiger partial charge in [0.15, 0.2) is 0 Å². The van der Waals surface area contributed by atoms with E-state index in [1.807, 2.05) is 0 Å². The minimum atomic E-state index is 0.139. The van der Waals surface area contributed by atoms with E-state index in [1.165, 1.54) is 31.3 Å². The third-order valence-corrected chi connectivity index (χ3v) is 3.83. The van der Waals surface area contributed by atoms with Crippen LogP contribution in [0, 0.1) is 0 Å². The van der Waals surface area contributed by atoms with Gasteiger partial charge in [0.05, 0.1) is 6.54 Å². The summed E-state index contributed by atoms with van der Waals surface area (Å²) in [5.74, 6) is 0.139. The zero-order valence-corrected chi connectivity index (χ0v) is 11.2. The molecule has 2 aliphatic rings. The molecule has 3 N–H and O–H groups in total. The predicted molar refractivity (Wildman–Crippen MR) is 73.2 cm³/mol. The smallest absolute Gasteiger partial charge is 0.234 e. The van der Waals surface area contributed by atoms with Gasteiger partial charge in [-0.2, -0.15) is 0 Å². The Hall–Kier alpha value is -0.870. The van der Waals surface area contributed by atoms with E-state index in [0.717, 1.165) is 32.5 Å². The molecular formula is C14H25N3O. The zero-order chi connectivity index (χ0) is 12.8. The molecule has 0 radical (unpaired) electrons. The fourth-order valence-corrected chi connectivity index (χ4v) is 2.76. The Bertz CT molecular complexity index is 314. The number of nitrogens with one attached hydrogen (secondary N) is 1. The lowest BCUT2D eigenvalue weighted by molar-refractivity contribution is -0.121.